The molecule has 1 N–H and O–H groups in total. The summed E-state index contributed by atoms with van der Waals surface area (Å²) in [6.45, 7) is 3.31. The maximum absolute atomic E-state index is 3.46. The summed E-state index contributed by atoms with van der Waals surface area (Å²) in [6, 6.07) is 12.0. The van der Waals surface area contributed by atoms with Crippen LogP contribution in [0, 0.1) is 0 Å². The van der Waals surface area contributed by atoms with E-state index in [1.54, 1.807) is 0 Å². The van der Waals surface area contributed by atoms with Gasteiger partial charge in [0.1, 0.15) is 0 Å². The van der Waals surface area contributed by atoms with Crippen LogP contribution in [0.1, 0.15) is 12.5 Å². The first-order chi connectivity index (χ1) is 5.93. The highest BCUT2D eigenvalue weighted by Gasteiger charge is 1.89. The van der Waals surface area contributed by atoms with Gasteiger partial charge in [-0.15, -0.1) is 0 Å². The van der Waals surface area contributed by atoms with Gasteiger partial charge < -0.3 is 5.32 Å². The van der Waals surface area contributed by atoms with Gasteiger partial charge in [0.2, 0.25) is 0 Å². The van der Waals surface area contributed by atoms with Crippen molar-refractivity contribution in [2.75, 3.05) is 6.17 Å². The summed E-state index contributed by atoms with van der Waals surface area (Å²) in [4.78, 5) is 0. The van der Waals surface area contributed by atoms with Crippen LogP contribution >= 0.6 is 0 Å². The van der Waals surface area contributed by atoms with Gasteiger partial charge in [0.05, 0.1) is 0 Å². The van der Waals surface area contributed by atoms with Gasteiger partial charge >= 0.3 is 0 Å². The van der Waals surface area contributed by atoms with E-state index in [1.165, 1.54) is 17.8 Å². The van der Waals surface area contributed by atoms with Crippen LogP contribution in [0.5, 0.6) is 0 Å². The average molecular weight is 179 g/mol. The number of hydrogen-bond acceptors (Lipinski definition) is 1. The third-order valence-corrected chi connectivity index (χ3v) is 3.29. The largest absolute Gasteiger partial charge is 0.316 e. The third kappa shape index (κ3) is 3.69. The molecule has 66 valence electrons. The molecule has 0 heterocycles. The van der Waals surface area contributed by atoms with Gasteiger partial charge in [-0.05, 0) is 11.7 Å². The molecule has 0 unspecified atom stereocenters. The molecule has 0 bridgehead atoms. The molecule has 0 aromatic heterocycles. The number of benzene rings is 1. The van der Waals surface area contributed by atoms with Crippen LogP contribution < -0.4 is 5.32 Å². The second-order valence-corrected chi connectivity index (χ2v) is 5.22. The molecular formula is C10H17NSi. The van der Waals surface area contributed by atoms with Gasteiger partial charge in [0.25, 0.3) is 0 Å². The zero-order chi connectivity index (χ0) is 8.65. The number of hydrogen-bond donors (Lipinski definition) is 1. The first-order valence-electron chi connectivity index (χ1n) is 4.68. The summed E-state index contributed by atoms with van der Waals surface area (Å²) in [6.07, 6.45) is 1.27. The van der Waals surface area contributed by atoms with E-state index in [4.69, 9.17) is 0 Å². The molecule has 0 spiro atoms. The third-order valence-electron chi connectivity index (χ3n) is 1.88. The van der Waals surface area contributed by atoms with E-state index in [1.807, 2.05) is 0 Å². The second-order valence-electron chi connectivity index (χ2n) is 3.02. The first-order valence-corrected chi connectivity index (χ1v) is 6.68. The van der Waals surface area contributed by atoms with Gasteiger partial charge in [-0.25, -0.2) is 0 Å². The number of rotatable bonds is 5. The van der Waals surface area contributed by atoms with Crippen molar-refractivity contribution in [2.45, 2.75) is 19.5 Å². The van der Waals surface area contributed by atoms with E-state index in [9.17, 15) is 0 Å². The molecular weight excluding hydrogens is 162 g/mol. The zero-order valence-corrected chi connectivity index (χ0v) is 9.13. The van der Waals surface area contributed by atoms with Crippen molar-refractivity contribution in [2.24, 2.45) is 0 Å². The van der Waals surface area contributed by atoms with E-state index in [0.29, 0.717) is 0 Å². The summed E-state index contributed by atoms with van der Waals surface area (Å²) in [7, 11) is 0.195. The van der Waals surface area contributed by atoms with Crippen LogP contribution in [0.4, 0.5) is 0 Å². The lowest BCUT2D eigenvalue weighted by Crippen LogP contribution is -2.19. The quantitative estimate of drug-likeness (QED) is 0.531. The van der Waals surface area contributed by atoms with Gasteiger partial charge in [-0.2, -0.15) is 0 Å². The highest BCUT2D eigenvalue weighted by atomic mass is 28.2. The van der Waals surface area contributed by atoms with Crippen molar-refractivity contribution in [1.29, 1.82) is 0 Å². The maximum atomic E-state index is 3.46. The predicted octanol–water partition coefficient (Wildman–Crippen LogP) is 1.34. The highest BCUT2D eigenvalue weighted by molar-refractivity contribution is 6.35. The predicted molar refractivity (Wildman–Crippen MR) is 57.2 cm³/mol. The smallest absolute Gasteiger partial charge is 0.0362 e. The molecule has 1 aromatic rings. The Labute approximate surface area is 77.0 Å². The average Bonchev–Trinajstić information content (AvgIpc) is 2.14. The Morgan fingerprint density at radius 1 is 1.25 bits per heavy atom. The lowest BCUT2D eigenvalue weighted by molar-refractivity contribution is 0.785. The van der Waals surface area contributed by atoms with Crippen molar-refractivity contribution >= 4 is 9.52 Å². The van der Waals surface area contributed by atoms with E-state index in [2.05, 4.69) is 42.6 Å². The molecule has 1 aromatic carbocycles. The summed E-state index contributed by atoms with van der Waals surface area (Å²) >= 11 is 0. The molecule has 1 rings (SSSR count). The Hall–Kier alpha value is -0.603. The van der Waals surface area contributed by atoms with Crippen molar-refractivity contribution in [3.63, 3.8) is 0 Å². The van der Waals surface area contributed by atoms with Crippen LogP contribution in [0.3, 0.4) is 0 Å². The number of nitrogens with one attached hydrogen (secondary N) is 1. The topological polar surface area (TPSA) is 12.0 Å². The van der Waals surface area contributed by atoms with E-state index in [0.717, 1.165) is 6.54 Å². The molecule has 0 amide bonds. The molecule has 1 nitrogen and oxygen atoms in total. The molecule has 0 fully saturated rings. The Bertz CT molecular complexity index is 198. The molecule has 0 saturated heterocycles. The van der Waals surface area contributed by atoms with Crippen LogP contribution in [0.15, 0.2) is 30.3 Å². The molecule has 2 heteroatoms. The van der Waals surface area contributed by atoms with Crippen molar-refractivity contribution < 1.29 is 0 Å². The Morgan fingerprint density at radius 3 is 2.67 bits per heavy atom. The molecule has 0 radical (unpaired) electrons. The summed E-state index contributed by atoms with van der Waals surface area (Å²) in [5.41, 5.74) is 1.39. The molecule has 0 aliphatic rings. The standard InChI is InChI=1S/C10H17NSi/c1-2-12-9-11-8-10-6-4-3-5-7-10/h3-7,11H,2,8-9,12H2,1H3. The highest BCUT2D eigenvalue weighted by Crippen LogP contribution is 1.96. The monoisotopic (exact) mass is 179 g/mol. The van der Waals surface area contributed by atoms with Gasteiger partial charge in [0.15, 0.2) is 0 Å². The second kappa shape index (κ2) is 5.97. The van der Waals surface area contributed by atoms with Crippen LogP contribution in [-0.4, -0.2) is 15.7 Å². The fraction of sp³-hybridized carbons (Fsp3) is 0.400. The normalized spacial score (nSPS) is 11.1. The lowest BCUT2D eigenvalue weighted by Gasteiger charge is -2.02. The van der Waals surface area contributed by atoms with E-state index >= 15 is 0 Å². The Balaban J connectivity index is 2.16. The van der Waals surface area contributed by atoms with E-state index < -0.39 is 0 Å². The van der Waals surface area contributed by atoms with Crippen molar-refractivity contribution in [3.8, 4) is 0 Å². The molecule has 0 aliphatic carbocycles. The van der Waals surface area contributed by atoms with Crippen LogP contribution in [0.2, 0.25) is 6.04 Å². The Morgan fingerprint density at radius 2 is 2.00 bits per heavy atom. The molecule has 0 saturated carbocycles. The fourth-order valence-electron chi connectivity index (χ4n) is 1.13. The van der Waals surface area contributed by atoms with Crippen LogP contribution in [-0.2, 0) is 6.54 Å². The van der Waals surface area contributed by atoms with Crippen molar-refractivity contribution in [3.05, 3.63) is 35.9 Å². The minimum absolute atomic E-state index is 0.195. The summed E-state index contributed by atoms with van der Waals surface area (Å²) in [5, 5.41) is 3.46. The van der Waals surface area contributed by atoms with Gasteiger partial charge in [-0.3, -0.25) is 0 Å². The SMILES string of the molecule is CC[SiH2]CNCc1ccccc1. The summed E-state index contributed by atoms with van der Waals surface area (Å²) in [5.74, 6) is 0. The van der Waals surface area contributed by atoms with Crippen molar-refractivity contribution in [1.82, 2.24) is 5.32 Å². The molecule has 0 aliphatic heterocycles. The minimum atomic E-state index is 0.195. The maximum Gasteiger partial charge on any atom is 0.0362 e. The minimum Gasteiger partial charge on any atom is -0.316 e. The zero-order valence-electron chi connectivity index (χ0n) is 7.72. The first kappa shape index (κ1) is 9.48. The van der Waals surface area contributed by atoms with Gasteiger partial charge in [0, 0.05) is 16.1 Å². The van der Waals surface area contributed by atoms with Crippen LogP contribution in [0.25, 0.3) is 0 Å². The Kier molecular flexibility index (Phi) is 4.72. The lowest BCUT2D eigenvalue weighted by atomic mass is 10.2. The molecule has 12 heavy (non-hydrogen) atoms. The fourth-order valence-corrected chi connectivity index (χ4v) is 1.91. The molecule has 0 atom stereocenters. The summed E-state index contributed by atoms with van der Waals surface area (Å²) < 4.78 is 0. The van der Waals surface area contributed by atoms with E-state index in [-0.39, 0.29) is 9.52 Å². The van der Waals surface area contributed by atoms with Gasteiger partial charge in [-0.1, -0.05) is 43.3 Å².